The molecule has 0 saturated carbocycles. The van der Waals surface area contributed by atoms with Crippen molar-refractivity contribution in [1.29, 1.82) is 0 Å². The van der Waals surface area contributed by atoms with Gasteiger partial charge in [-0.1, -0.05) is 78.7 Å². The Morgan fingerprint density at radius 3 is 2.30 bits per heavy atom. The molecule has 1 N–H and O–H groups in total. The maximum atomic E-state index is 13.6. The lowest BCUT2D eigenvalue weighted by atomic mass is 10.0. The number of carbonyl (C=O) groups is 2. The van der Waals surface area contributed by atoms with Gasteiger partial charge in [0.25, 0.3) is 0 Å². The Hall–Kier alpha value is -3.02. The maximum absolute atomic E-state index is 13.6. The molecule has 0 aliphatic carbocycles. The summed E-state index contributed by atoms with van der Waals surface area (Å²) in [6, 6.07) is 23.6. The predicted octanol–water partition coefficient (Wildman–Crippen LogP) is 6.71. The fourth-order valence-electron chi connectivity index (χ4n) is 3.89. The lowest BCUT2D eigenvalue weighted by molar-refractivity contribution is -0.141. The summed E-state index contributed by atoms with van der Waals surface area (Å²) in [5.41, 5.74) is 1.78. The SMILES string of the molecule is CC[C@@H](C)NC(=O)[C@H](Cc1ccccc1)N(Cc1ccccc1Cl)C(=O)CCCOc1ccc(Cl)cc1. The van der Waals surface area contributed by atoms with Gasteiger partial charge in [0.1, 0.15) is 11.8 Å². The lowest BCUT2D eigenvalue weighted by Gasteiger charge is -2.32. The topological polar surface area (TPSA) is 58.6 Å². The number of rotatable bonds is 13. The molecule has 0 bridgehead atoms. The average molecular weight is 542 g/mol. The van der Waals surface area contributed by atoms with Gasteiger partial charge in [-0.3, -0.25) is 9.59 Å². The molecule has 3 aromatic rings. The molecule has 0 heterocycles. The second-order valence-corrected chi connectivity index (χ2v) is 9.89. The molecule has 0 aliphatic heterocycles. The van der Waals surface area contributed by atoms with Crippen LogP contribution >= 0.6 is 23.2 Å². The van der Waals surface area contributed by atoms with Gasteiger partial charge in [0.15, 0.2) is 0 Å². The van der Waals surface area contributed by atoms with Crippen molar-refractivity contribution in [2.45, 2.75) is 58.2 Å². The van der Waals surface area contributed by atoms with Crippen LogP contribution in [-0.4, -0.2) is 35.4 Å². The quantitative estimate of drug-likeness (QED) is 0.245. The van der Waals surface area contributed by atoms with Crippen LogP contribution in [0.25, 0.3) is 0 Å². The van der Waals surface area contributed by atoms with Crippen molar-refractivity contribution in [2.24, 2.45) is 0 Å². The monoisotopic (exact) mass is 540 g/mol. The summed E-state index contributed by atoms with van der Waals surface area (Å²) >= 11 is 12.4. The standard InChI is InChI=1S/C30H34Cl2N2O3/c1-3-22(2)33-30(36)28(20-23-10-5-4-6-11-23)34(21-24-12-7-8-13-27(24)32)29(35)14-9-19-37-26-17-15-25(31)16-18-26/h4-8,10-13,15-18,22,28H,3,9,14,19-21H2,1-2H3,(H,33,36)/t22-,28+/m1/s1. The van der Waals surface area contributed by atoms with Crippen molar-refractivity contribution < 1.29 is 14.3 Å². The number of nitrogens with one attached hydrogen (secondary N) is 1. The van der Waals surface area contributed by atoms with E-state index in [1.54, 1.807) is 35.2 Å². The Bertz CT molecular complexity index is 1140. The van der Waals surface area contributed by atoms with E-state index in [9.17, 15) is 9.59 Å². The average Bonchev–Trinajstić information content (AvgIpc) is 2.91. The highest BCUT2D eigenvalue weighted by Gasteiger charge is 2.31. The van der Waals surface area contributed by atoms with Crippen LogP contribution in [0.1, 0.15) is 44.2 Å². The molecule has 5 nitrogen and oxygen atoms in total. The predicted molar refractivity (Wildman–Crippen MR) is 150 cm³/mol. The number of hydrogen-bond acceptors (Lipinski definition) is 3. The van der Waals surface area contributed by atoms with Gasteiger partial charge in [-0.25, -0.2) is 0 Å². The van der Waals surface area contributed by atoms with E-state index < -0.39 is 6.04 Å². The van der Waals surface area contributed by atoms with Gasteiger partial charge in [0.2, 0.25) is 11.8 Å². The van der Waals surface area contributed by atoms with Gasteiger partial charge in [-0.15, -0.1) is 0 Å². The smallest absolute Gasteiger partial charge is 0.243 e. The molecule has 2 atom stereocenters. The number of hydrogen-bond donors (Lipinski definition) is 1. The molecule has 37 heavy (non-hydrogen) atoms. The van der Waals surface area contributed by atoms with E-state index >= 15 is 0 Å². The van der Waals surface area contributed by atoms with E-state index in [0.29, 0.717) is 35.2 Å². The minimum atomic E-state index is -0.683. The minimum Gasteiger partial charge on any atom is -0.494 e. The van der Waals surface area contributed by atoms with Crippen molar-refractivity contribution in [3.8, 4) is 5.75 Å². The van der Waals surface area contributed by atoms with Crippen molar-refractivity contribution >= 4 is 35.0 Å². The number of nitrogens with zero attached hydrogens (tertiary/aromatic N) is 1. The van der Waals surface area contributed by atoms with Crippen molar-refractivity contribution in [1.82, 2.24) is 10.2 Å². The zero-order valence-electron chi connectivity index (χ0n) is 21.3. The Morgan fingerprint density at radius 2 is 1.62 bits per heavy atom. The lowest BCUT2D eigenvalue weighted by Crippen LogP contribution is -2.52. The zero-order valence-corrected chi connectivity index (χ0v) is 22.8. The summed E-state index contributed by atoms with van der Waals surface area (Å²) in [5, 5.41) is 4.28. The first-order valence-electron chi connectivity index (χ1n) is 12.6. The summed E-state index contributed by atoms with van der Waals surface area (Å²) < 4.78 is 5.77. The summed E-state index contributed by atoms with van der Waals surface area (Å²) in [6.45, 7) is 4.59. The van der Waals surface area contributed by atoms with Crippen LogP contribution in [0.4, 0.5) is 0 Å². The highest BCUT2D eigenvalue weighted by molar-refractivity contribution is 6.31. The van der Waals surface area contributed by atoms with Crippen LogP contribution in [0, 0.1) is 0 Å². The molecule has 0 radical (unpaired) electrons. The molecule has 0 aromatic heterocycles. The molecule has 0 unspecified atom stereocenters. The molecule has 3 rings (SSSR count). The molecule has 2 amide bonds. The van der Waals surface area contributed by atoms with Crippen LogP contribution in [0.2, 0.25) is 10.0 Å². The minimum absolute atomic E-state index is 0.00388. The molecular weight excluding hydrogens is 507 g/mol. The van der Waals surface area contributed by atoms with Crippen LogP contribution in [0.3, 0.4) is 0 Å². The maximum Gasteiger partial charge on any atom is 0.243 e. The van der Waals surface area contributed by atoms with Gasteiger partial charge in [-0.05, 0) is 61.2 Å². The Labute approximate surface area is 229 Å². The highest BCUT2D eigenvalue weighted by Crippen LogP contribution is 2.22. The van der Waals surface area contributed by atoms with Crippen molar-refractivity contribution in [3.63, 3.8) is 0 Å². The first-order chi connectivity index (χ1) is 17.9. The molecule has 0 aliphatic rings. The second-order valence-electron chi connectivity index (χ2n) is 9.04. The number of halogens is 2. The number of benzene rings is 3. The third kappa shape index (κ3) is 9.10. The van der Waals surface area contributed by atoms with E-state index in [1.807, 2.05) is 62.4 Å². The largest absolute Gasteiger partial charge is 0.494 e. The number of ether oxygens (including phenoxy) is 1. The second kappa shape index (κ2) is 14.7. The first-order valence-corrected chi connectivity index (χ1v) is 13.4. The third-order valence-corrected chi connectivity index (χ3v) is 6.81. The molecule has 0 saturated heterocycles. The Kier molecular flexibility index (Phi) is 11.3. The zero-order chi connectivity index (χ0) is 26.6. The van der Waals surface area contributed by atoms with E-state index in [2.05, 4.69) is 5.32 Å². The summed E-state index contributed by atoms with van der Waals surface area (Å²) in [6.07, 6.45) is 1.94. The fraction of sp³-hybridized carbons (Fsp3) is 0.333. The van der Waals surface area contributed by atoms with E-state index in [1.165, 1.54) is 0 Å². The van der Waals surface area contributed by atoms with E-state index in [0.717, 1.165) is 17.5 Å². The van der Waals surface area contributed by atoms with Gasteiger partial charge in [-0.2, -0.15) is 0 Å². The van der Waals surface area contributed by atoms with Crippen LogP contribution in [0.15, 0.2) is 78.9 Å². The molecule has 196 valence electrons. The van der Waals surface area contributed by atoms with Crippen LogP contribution in [0.5, 0.6) is 5.75 Å². The van der Waals surface area contributed by atoms with Crippen LogP contribution < -0.4 is 10.1 Å². The molecule has 0 spiro atoms. The third-order valence-electron chi connectivity index (χ3n) is 6.19. The summed E-state index contributed by atoms with van der Waals surface area (Å²) in [4.78, 5) is 28.8. The summed E-state index contributed by atoms with van der Waals surface area (Å²) in [5.74, 6) is 0.399. The first kappa shape index (κ1) is 28.5. The van der Waals surface area contributed by atoms with Crippen molar-refractivity contribution in [3.05, 3.63) is 100 Å². The Morgan fingerprint density at radius 1 is 0.946 bits per heavy atom. The van der Waals surface area contributed by atoms with E-state index in [-0.39, 0.29) is 30.8 Å². The van der Waals surface area contributed by atoms with Crippen molar-refractivity contribution in [2.75, 3.05) is 6.61 Å². The highest BCUT2D eigenvalue weighted by atomic mass is 35.5. The molecular formula is C30H34Cl2N2O3. The van der Waals surface area contributed by atoms with Gasteiger partial charge in [0, 0.05) is 35.5 Å². The fourth-order valence-corrected chi connectivity index (χ4v) is 4.21. The number of amides is 2. The number of carbonyl (C=O) groups excluding carboxylic acids is 2. The Balaban J connectivity index is 1.80. The van der Waals surface area contributed by atoms with Crippen LogP contribution in [-0.2, 0) is 22.6 Å². The summed E-state index contributed by atoms with van der Waals surface area (Å²) in [7, 11) is 0. The van der Waals surface area contributed by atoms with E-state index in [4.69, 9.17) is 27.9 Å². The van der Waals surface area contributed by atoms with Gasteiger partial charge < -0.3 is 15.0 Å². The van der Waals surface area contributed by atoms with Gasteiger partial charge in [0.05, 0.1) is 6.61 Å². The molecule has 7 heteroatoms. The molecule has 0 fully saturated rings. The van der Waals surface area contributed by atoms with Gasteiger partial charge >= 0.3 is 0 Å². The molecule has 3 aromatic carbocycles. The normalized spacial score (nSPS) is 12.4.